The number of hydrogen-bond donors (Lipinski definition) is 7. The van der Waals surface area contributed by atoms with Crippen molar-refractivity contribution < 1.29 is 111 Å². The number of nitrogens with one attached hydrogen (secondary N) is 3. The van der Waals surface area contributed by atoms with Gasteiger partial charge >= 0.3 is 47.8 Å². The molecule has 580 valence electrons. The lowest BCUT2D eigenvalue weighted by Gasteiger charge is -2.28. The molecule has 102 heavy (non-hydrogen) atoms. The van der Waals surface area contributed by atoms with Crippen molar-refractivity contribution in [3.05, 3.63) is 12.2 Å². The molecular weight excluding hydrogens is 1400 g/mol. The summed E-state index contributed by atoms with van der Waals surface area (Å²) in [5.41, 5.74) is -0.377. The van der Waals surface area contributed by atoms with E-state index >= 15 is 0 Å². The van der Waals surface area contributed by atoms with Gasteiger partial charge in [0, 0.05) is 107 Å². The first kappa shape index (κ1) is 90.8. The van der Waals surface area contributed by atoms with Gasteiger partial charge in [0.25, 0.3) is 17.6 Å². The van der Waals surface area contributed by atoms with Crippen molar-refractivity contribution in [2.45, 2.75) is 196 Å². The van der Waals surface area contributed by atoms with Gasteiger partial charge in [0.15, 0.2) is 18.3 Å². The van der Waals surface area contributed by atoms with Gasteiger partial charge in [-0.3, -0.25) is 14.4 Å². The maximum absolute atomic E-state index is 12.5. The number of morpholine rings is 3. The van der Waals surface area contributed by atoms with Gasteiger partial charge in [-0.2, -0.15) is 13.1 Å². The molecule has 0 radical (unpaired) electrons. The summed E-state index contributed by atoms with van der Waals surface area (Å²) >= 11 is 3.27. The maximum atomic E-state index is 12.5. The minimum Gasteiger partial charge on any atom is -0.479 e. The van der Waals surface area contributed by atoms with Gasteiger partial charge in [0.1, 0.15) is 38.1 Å². The fraction of sp³-hybridized carbons (Fsp3) is 0.750. The highest BCUT2D eigenvalue weighted by Gasteiger charge is 2.30. The molecule has 3 saturated heterocycles. The molecule has 0 aliphatic carbocycles. The summed E-state index contributed by atoms with van der Waals surface area (Å²) in [6.45, 7) is 38.1. The lowest BCUT2D eigenvalue weighted by molar-refractivity contribution is -0.171. The molecule has 6 rings (SSSR count). The highest BCUT2D eigenvalue weighted by Crippen LogP contribution is 2.29. The molecule has 3 aromatic heterocycles. The molecule has 35 nitrogen and oxygen atoms in total. The minimum absolute atomic E-state index is 0.0257. The van der Waals surface area contributed by atoms with Gasteiger partial charge in [-0.15, -0.1) is 13.1 Å². The summed E-state index contributed by atoms with van der Waals surface area (Å²) in [4.78, 5) is 94.4. The summed E-state index contributed by atoms with van der Waals surface area (Å²) in [7, 11) is 0. The highest BCUT2D eigenvalue weighted by atomic mass is 32.1. The lowest BCUT2D eigenvalue weighted by Crippen LogP contribution is -2.45. The Labute approximate surface area is 609 Å². The van der Waals surface area contributed by atoms with Crippen LogP contribution in [-0.4, -0.2) is 266 Å². The van der Waals surface area contributed by atoms with Gasteiger partial charge in [0.05, 0.1) is 74.8 Å². The summed E-state index contributed by atoms with van der Waals surface area (Å²) in [6, 6.07) is 0. The van der Waals surface area contributed by atoms with Crippen LogP contribution in [0.5, 0.6) is 17.6 Å². The van der Waals surface area contributed by atoms with Gasteiger partial charge in [-0.05, 0) is 102 Å². The van der Waals surface area contributed by atoms with E-state index in [4.69, 9.17) is 62.7 Å². The first-order chi connectivity index (χ1) is 48.0. The fourth-order valence-electron chi connectivity index (χ4n) is 8.01. The Morgan fingerprint density at radius 2 is 0.735 bits per heavy atom. The third-order valence-corrected chi connectivity index (χ3v) is 14.8. The fourth-order valence-corrected chi connectivity index (χ4v) is 9.57. The van der Waals surface area contributed by atoms with Gasteiger partial charge < -0.3 is 103 Å². The maximum Gasteiger partial charge on any atom is 0.347 e. The normalized spacial score (nSPS) is 15.7. The van der Waals surface area contributed by atoms with E-state index < -0.39 is 84.4 Å². The van der Waals surface area contributed by atoms with Crippen LogP contribution in [0.25, 0.3) is 0 Å². The van der Waals surface area contributed by atoms with E-state index in [9.17, 15) is 43.5 Å². The topological polar surface area (TPSA) is 442 Å². The Morgan fingerprint density at radius 3 is 1.01 bits per heavy atom. The number of β-amino-alcohol motifs (C(OH)–C–C–N with tert-alkyl or cyclic N) is 1. The van der Waals surface area contributed by atoms with Crippen LogP contribution in [0.1, 0.15) is 142 Å². The summed E-state index contributed by atoms with van der Waals surface area (Å²) < 4.78 is 85.0. The molecule has 3 aromatic rings. The number of nitrogens with zero attached hydrogens (tertiary/aromatic N) is 9. The Hall–Kier alpha value is -7.30. The number of aliphatic carboxylic acids is 3. The van der Waals surface area contributed by atoms with Gasteiger partial charge in [-0.1, -0.05) is 20.8 Å². The zero-order valence-corrected chi connectivity index (χ0v) is 63.8. The first-order valence-electron chi connectivity index (χ1n) is 33.7. The van der Waals surface area contributed by atoms with Crippen molar-refractivity contribution in [3.8, 4) is 17.6 Å². The standard InChI is InChI=1S/2C20H34N4O6S.C13H24N4O3S.C7H12O4.C4H4O4/c2*1-6-7-16(25)29-14(2)19(26)30-15(12-21-20(3,4)5)13-28-18-17(22-31-23-18)24-8-10-27-11-9-24;1-13(2,3)14-8-10(18)9-20-12-11(15-21-16-12)17-4-6-19-7-5-17;1-3-4-6(8)11-5(2)7(9)10;5-3(6)1-2-4(7)8/h2*14-15,21H,6-13H2,1-5H3;10,14,18H,4-9H2,1-3H3;5H,3-4H2,1-2H3,(H,9,10);1-2H,(H,5,6)(H,7,8)/b;;;;2-1-/t2*14-,15+;10-;5-;/m1101./s1. The van der Waals surface area contributed by atoms with Crippen LogP contribution >= 0.6 is 35.2 Å². The van der Waals surface area contributed by atoms with Crippen molar-refractivity contribution in [1.82, 2.24) is 42.2 Å². The van der Waals surface area contributed by atoms with Crippen LogP contribution in [0.3, 0.4) is 0 Å². The Morgan fingerprint density at radius 1 is 0.451 bits per heavy atom. The van der Waals surface area contributed by atoms with Crippen molar-refractivity contribution in [2.75, 3.05) is 133 Å². The number of carbonyl (C=O) groups excluding carboxylic acids is 5. The molecule has 38 heteroatoms. The number of ether oxygens (including phenoxy) is 11. The van der Waals surface area contributed by atoms with Crippen LogP contribution < -0.4 is 44.9 Å². The molecule has 0 unspecified atom stereocenters. The molecule has 0 amide bonds. The van der Waals surface area contributed by atoms with Crippen molar-refractivity contribution in [2.24, 2.45) is 0 Å². The predicted octanol–water partition coefficient (Wildman–Crippen LogP) is 4.59. The third kappa shape index (κ3) is 41.1. The minimum atomic E-state index is -1.26. The predicted molar refractivity (Wildman–Crippen MR) is 378 cm³/mol. The molecule has 3 aliphatic rings. The number of carboxylic acid groups (broad SMARTS) is 3. The highest BCUT2D eigenvalue weighted by molar-refractivity contribution is 7.00. The smallest absolute Gasteiger partial charge is 0.347 e. The van der Waals surface area contributed by atoms with E-state index in [0.717, 1.165) is 54.1 Å². The molecule has 0 saturated carbocycles. The van der Waals surface area contributed by atoms with Crippen LogP contribution in [0.15, 0.2) is 12.2 Å². The molecule has 3 aliphatic heterocycles. The van der Waals surface area contributed by atoms with E-state index in [1.54, 1.807) is 0 Å². The quantitative estimate of drug-likeness (QED) is 0.0244. The zero-order chi connectivity index (χ0) is 76.4. The summed E-state index contributed by atoms with van der Waals surface area (Å²) in [5, 5.41) is 43.8. The molecule has 0 spiro atoms. The van der Waals surface area contributed by atoms with Crippen LogP contribution in [0.4, 0.5) is 17.5 Å². The largest absolute Gasteiger partial charge is 0.479 e. The number of anilines is 3. The molecule has 6 heterocycles. The summed E-state index contributed by atoms with van der Waals surface area (Å²) in [5.74, 6) is -2.75. The van der Waals surface area contributed by atoms with Crippen molar-refractivity contribution >= 4 is 100 Å². The number of hydrogen-bond acceptors (Lipinski definition) is 35. The van der Waals surface area contributed by atoms with Crippen LogP contribution in [0, 0.1) is 0 Å². The average molecular weight is 1510 g/mol. The van der Waals surface area contributed by atoms with Crippen molar-refractivity contribution in [3.63, 3.8) is 0 Å². The summed E-state index contributed by atoms with van der Waals surface area (Å²) in [6.07, 6.45) is -0.892. The number of carboxylic acids is 3. The first-order valence-corrected chi connectivity index (χ1v) is 35.9. The number of aliphatic hydroxyl groups is 1. The lowest BCUT2D eigenvalue weighted by atomic mass is 10.1. The van der Waals surface area contributed by atoms with E-state index in [0.29, 0.717) is 146 Å². The van der Waals surface area contributed by atoms with Gasteiger partial charge in [-0.25, -0.2) is 24.0 Å². The molecule has 7 N–H and O–H groups in total. The molecule has 0 bridgehead atoms. The SMILES string of the molecule is CC(C)(C)NC[C@H](O)COc1nsnc1N1CCOCC1.CCCC(=O)O[C@H](C)C(=O)O.CCCC(=O)O[C@H](C)C(=O)O[C@@H](CNC(C)(C)C)COc1nsnc1N1CCOCC1.CCCC(=O)O[C@H](C)C(=O)O[C@@H](CNC(C)(C)C)COc1nsnc1N1CCOCC1.O=C(O)/C=C\C(=O)O. The number of aliphatic hydroxyl groups excluding tert-OH is 1. The third-order valence-electron chi connectivity index (χ3n) is 13.3. The number of rotatable bonds is 34. The van der Waals surface area contributed by atoms with Crippen molar-refractivity contribution in [1.29, 1.82) is 0 Å². The molecular formula is C64H108N12O23S3. The monoisotopic (exact) mass is 1510 g/mol. The Kier molecular flexibility index (Phi) is 43.3. The number of carbonyl (C=O) groups is 8. The molecule has 6 atom stereocenters. The van der Waals surface area contributed by atoms with Gasteiger partial charge in [0.2, 0.25) is 17.5 Å². The number of esters is 5. The number of aromatic nitrogens is 6. The molecule has 0 aromatic carbocycles. The molecule has 3 fully saturated rings. The zero-order valence-electron chi connectivity index (χ0n) is 61.4. The van der Waals surface area contributed by atoms with Crippen LogP contribution in [-0.2, 0) is 76.3 Å². The van der Waals surface area contributed by atoms with E-state index in [1.807, 2.05) is 62.3 Å². The Balaban J connectivity index is 0.000000466. The second kappa shape index (κ2) is 48.6. The average Bonchev–Trinajstić information content (AvgIpc) is 1.71. The van der Waals surface area contributed by atoms with E-state index in [1.165, 1.54) is 20.8 Å². The van der Waals surface area contributed by atoms with E-state index in [-0.39, 0.29) is 55.7 Å². The Bertz CT molecular complexity index is 2820. The van der Waals surface area contributed by atoms with Crippen LogP contribution in [0.2, 0.25) is 0 Å². The van der Waals surface area contributed by atoms with E-state index in [2.05, 4.69) is 82.4 Å². The second-order valence-corrected chi connectivity index (χ2v) is 27.7. The second-order valence-electron chi connectivity index (χ2n) is 26.1.